The average molecular weight is 107 g/mol. The minimum atomic E-state index is 0.785. The van der Waals surface area contributed by atoms with E-state index in [0.717, 1.165) is 5.82 Å². The molecule has 1 rings (SSSR count). The predicted octanol–water partition coefficient (Wildman–Crippen LogP) is 0.923. The number of anilines is 1. The van der Waals surface area contributed by atoms with Crippen LogP contribution in [0, 0.1) is 6.07 Å². The highest BCUT2D eigenvalue weighted by atomic mass is 14.9. The molecule has 1 aromatic heterocycles. The maximum absolute atomic E-state index is 3.93. The lowest BCUT2D eigenvalue weighted by atomic mass is 10.5. The van der Waals surface area contributed by atoms with Crippen LogP contribution in [0.2, 0.25) is 0 Å². The molecule has 0 saturated carbocycles. The highest BCUT2D eigenvalue weighted by Gasteiger charge is 1.80. The van der Waals surface area contributed by atoms with Crippen molar-refractivity contribution < 1.29 is 0 Å². The molecule has 0 unspecified atom stereocenters. The van der Waals surface area contributed by atoms with Gasteiger partial charge in [-0.2, -0.15) is 0 Å². The van der Waals surface area contributed by atoms with Gasteiger partial charge in [0.25, 0.3) is 0 Å². The van der Waals surface area contributed by atoms with Gasteiger partial charge in [0, 0.05) is 19.3 Å². The first-order valence-corrected chi connectivity index (χ1v) is 2.44. The Balaban J connectivity index is 2.83. The Kier molecular flexibility index (Phi) is 1.47. The van der Waals surface area contributed by atoms with Crippen molar-refractivity contribution in [2.24, 2.45) is 0 Å². The number of hydrogen-bond acceptors (Lipinski definition) is 2. The Hall–Kier alpha value is -1.05. The maximum Gasteiger partial charge on any atom is 0.133 e. The highest BCUT2D eigenvalue weighted by Crippen LogP contribution is 1.94. The Bertz CT molecular complexity index is 148. The first-order valence-electron chi connectivity index (χ1n) is 2.44. The molecule has 0 amide bonds. The van der Waals surface area contributed by atoms with Gasteiger partial charge in [0.2, 0.25) is 0 Å². The Morgan fingerprint density at radius 1 is 1.75 bits per heavy atom. The van der Waals surface area contributed by atoms with E-state index >= 15 is 0 Å². The van der Waals surface area contributed by atoms with Crippen LogP contribution in [0.1, 0.15) is 0 Å². The molecule has 0 fully saturated rings. The summed E-state index contributed by atoms with van der Waals surface area (Å²) in [6.45, 7) is 0. The van der Waals surface area contributed by atoms with Crippen molar-refractivity contribution in [3.8, 4) is 0 Å². The fraction of sp³-hybridized carbons (Fsp3) is 0.167. The van der Waals surface area contributed by atoms with Crippen molar-refractivity contribution in [2.45, 2.75) is 0 Å². The Morgan fingerprint density at radius 3 is 3.00 bits per heavy atom. The zero-order valence-corrected chi connectivity index (χ0v) is 4.68. The van der Waals surface area contributed by atoms with E-state index in [1.165, 1.54) is 0 Å². The third-order valence-corrected chi connectivity index (χ3v) is 0.843. The minimum Gasteiger partial charge on any atom is -0.373 e. The summed E-state index contributed by atoms with van der Waals surface area (Å²) in [5, 5.41) is 2.86. The molecule has 2 heteroatoms. The Morgan fingerprint density at radius 2 is 2.62 bits per heavy atom. The van der Waals surface area contributed by atoms with Crippen molar-refractivity contribution in [3.63, 3.8) is 0 Å². The van der Waals surface area contributed by atoms with Gasteiger partial charge in [0.05, 0.1) is 0 Å². The van der Waals surface area contributed by atoms with Gasteiger partial charge in [-0.15, -0.1) is 0 Å². The van der Waals surface area contributed by atoms with Gasteiger partial charge < -0.3 is 5.32 Å². The standard InChI is InChI=1S/C6H7N2/c1-7-6-4-2-3-5-8-6/h2-3,5H,1H3,(H,7,8). The van der Waals surface area contributed by atoms with Gasteiger partial charge in [-0.25, -0.2) is 4.98 Å². The molecule has 2 nitrogen and oxygen atoms in total. The summed E-state index contributed by atoms with van der Waals surface area (Å²) in [7, 11) is 1.82. The second-order valence-corrected chi connectivity index (χ2v) is 1.38. The van der Waals surface area contributed by atoms with Crippen LogP contribution in [-0.2, 0) is 0 Å². The number of hydrogen-bond donors (Lipinski definition) is 1. The van der Waals surface area contributed by atoms with E-state index in [2.05, 4.69) is 16.4 Å². The van der Waals surface area contributed by atoms with E-state index < -0.39 is 0 Å². The van der Waals surface area contributed by atoms with Gasteiger partial charge in [-0.05, 0) is 12.1 Å². The van der Waals surface area contributed by atoms with Gasteiger partial charge in [-0.1, -0.05) is 0 Å². The molecule has 0 saturated heterocycles. The molecule has 0 aromatic carbocycles. The van der Waals surface area contributed by atoms with Crippen LogP contribution in [0.3, 0.4) is 0 Å². The number of nitrogens with one attached hydrogen (secondary N) is 1. The quantitative estimate of drug-likeness (QED) is 0.577. The van der Waals surface area contributed by atoms with E-state index in [0.29, 0.717) is 0 Å². The van der Waals surface area contributed by atoms with Crippen molar-refractivity contribution in [1.82, 2.24) is 4.98 Å². The van der Waals surface area contributed by atoms with Crippen LogP contribution < -0.4 is 5.32 Å². The SMILES string of the molecule is CNc1[c]cccn1. The second-order valence-electron chi connectivity index (χ2n) is 1.38. The summed E-state index contributed by atoms with van der Waals surface area (Å²) in [6.07, 6.45) is 1.72. The maximum atomic E-state index is 3.93. The van der Waals surface area contributed by atoms with E-state index in [1.54, 1.807) is 6.20 Å². The van der Waals surface area contributed by atoms with Crippen LogP contribution in [0.25, 0.3) is 0 Å². The summed E-state index contributed by atoms with van der Waals surface area (Å²) in [4.78, 5) is 3.93. The number of rotatable bonds is 1. The zero-order valence-electron chi connectivity index (χ0n) is 4.68. The Labute approximate surface area is 48.6 Å². The van der Waals surface area contributed by atoms with Gasteiger partial charge in [0.15, 0.2) is 0 Å². The number of pyridine rings is 1. The topological polar surface area (TPSA) is 24.9 Å². The molecule has 0 aliphatic carbocycles. The van der Waals surface area contributed by atoms with Crippen molar-refractivity contribution in [1.29, 1.82) is 0 Å². The summed E-state index contributed by atoms with van der Waals surface area (Å²) in [5.41, 5.74) is 0. The molecular weight excluding hydrogens is 100 g/mol. The highest BCUT2D eigenvalue weighted by molar-refractivity contribution is 5.29. The largest absolute Gasteiger partial charge is 0.373 e. The second kappa shape index (κ2) is 2.31. The van der Waals surface area contributed by atoms with Crippen LogP contribution in [-0.4, -0.2) is 12.0 Å². The fourth-order valence-corrected chi connectivity index (χ4v) is 0.462. The van der Waals surface area contributed by atoms with E-state index in [4.69, 9.17) is 0 Å². The molecule has 0 aliphatic rings. The third kappa shape index (κ3) is 0.964. The lowest BCUT2D eigenvalue weighted by molar-refractivity contribution is 1.28. The summed E-state index contributed by atoms with van der Waals surface area (Å²) >= 11 is 0. The molecule has 0 aliphatic heterocycles. The minimum absolute atomic E-state index is 0.785. The van der Waals surface area contributed by atoms with Crippen LogP contribution >= 0.6 is 0 Å². The molecule has 1 aromatic rings. The van der Waals surface area contributed by atoms with E-state index in [1.807, 2.05) is 19.2 Å². The summed E-state index contributed by atoms with van der Waals surface area (Å²) < 4.78 is 0. The molecule has 0 spiro atoms. The normalized spacial score (nSPS) is 8.62. The molecule has 1 N–H and O–H groups in total. The molecular formula is C6H7N2. The lowest BCUT2D eigenvalue weighted by Crippen LogP contribution is -1.89. The number of aromatic nitrogens is 1. The van der Waals surface area contributed by atoms with Gasteiger partial charge in [-0.3, -0.25) is 0 Å². The fourth-order valence-electron chi connectivity index (χ4n) is 0.462. The number of nitrogens with zero attached hydrogens (tertiary/aromatic N) is 1. The van der Waals surface area contributed by atoms with E-state index in [-0.39, 0.29) is 0 Å². The predicted molar refractivity (Wildman–Crippen MR) is 32.6 cm³/mol. The molecule has 8 heavy (non-hydrogen) atoms. The molecule has 1 heterocycles. The van der Waals surface area contributed by atoms with Crippen molar-refractivity contribution in [3.05, 3.63) is 24.4 Å². The monoisotopic (exact) mass is 107 g/mol. The third-order valence-electron chi connectivity index (χ3n) is 0.843. The average Bonchev–Trinajstić information content (AvgIpc) is 1.90. The lowest BCUT2D eigenvalue weighted by Gasteiger charge is -1.92. The molecule has 41 valence electrons. The van der Waals surface area contributed by atoms with Crippen molar-refractivity contribution in [2.75, 3.05) is 12.4 Å². The zero-order chi connectivity index (χ0) is 5.82. The van der Waals surface area contributed by atoms with Gasteiger partial charge in [0.1, 0.15) is 5.82 Å². The van der Waals surface area contributed by atoms with Gasteiger partial charge >= 0.3 is 0 Å². The summed E-state index contributed by atoms with van der Waals surface area (Å²) in [5.74, 6) is 0.785. The van der Waals surface area contributed by atoms with Crippen LogP contribution in [0.5, 0.6) is 0 Å². The van der Waals surface area contributed by atoms with Crippen molar-refractivity contribution >= 4 is 5.82 Å². The van der Waals surface area contributed by atoms with E-state index in [9.17, 15) is 0 Å². The smallest absolute Gasteiger partial charge is 0.133 e. The molecule has 1 radical (unpaired) electrons. The van der Waals surface area contributed by atoms with Crippen LogP contribution in [0.15, 0.2) is 18.3 Å². The first-order chi connectivity index (χ1) is 3.93. The molecule has 0 bridgehead atoms. The molecule has 0 atom stereocenters. The first kappa shape index (κ1) is 5.09. The summed E-state index contributed by atoms with van der Waals surface area (Å²) in [6, 6.07) is 6.55. The van der Waals surface area contributed by atoms with Crippen LogP contribution in [0.4, 0.5) is 5.82 Å².